The molecule has 0 radical (unpaired) electrons. The smallest absolute Gasteiger partial charge is 0.257 e. The lowest BCUT2D eigenvalue weighted by Crippen LogP contribution is -2.46. The summed E-state index contributed by atoms with van der Waals surface area (Å²) in [6.45, 7) is 4.02. The highest BCUT2D eigenvalue weighted by Gasteiger charge is 2.27. The predicted octanol–water partition coefficient (Wildman–Crippen LogP) is 4.15. The van der Waals surface area contributed by atoms with Crippen LogP contribution in [0.15, 0.2) is 77.7 Å². The lowest BCUT2D eigenvalue weighted by molar-refractivity contribution is 0.0605. The number of carbonyl (C=O) groups is 2. The van der Waals surface area contributed by atoms with Crippen molar-refractivity contribution >= 4 is 11.8 Å². The van der Waals surface area contributed by atoms with Gasteiger partial charge < -0.3 is 19.5 Å². The molecule has 188 valence electrons. The Hall–Kier alpha value is -3.87. The lowest BCUT2D eigenvalue weighted by Gasteiger charge is -2.32. The number of H-pyrrole nitrogens is 1. The highest BCUT2D eigenvalue weighted by atomic mass is 16.5. The summed E-state index contributed by atoms with van der Waals surface area (Å²) in [6, 6.07) is 20.0. The maximum Gasteiger partial charge on any atom is 0.257 e. The van der Waals surface area contributed by atoms with Gasteiger partial charge in [0.1, 0.15) is 12.4 Å². The van der Waals surface area contributed by atoms with Crippen LogP contribution < -0.4 is 10.3 Å². The van der Waals surface area contributed by atoms with Gasteiger partial charge in [-0.25, -0.2) is 0 Å². The molecule has 7 heteroatoms. The number of nitrogens with one attached hydrogen (secondary N) is 1. The molecule has 2 heterocycles. The van der Waals surface area contributed by atoms with E-state index in [0.717, 1.165) is 24.8 Å². The third-order valence-corrected chi connectivity index (χ3v) is 6.58. The van der Waals surface area contributed by atoms with Crippen LogP contribution in [0.3, 0.4) is 0 Å². The summed E-state index contributed by atoms with van der Waals surface area (Å²) in [4.78, 5) is 45.2. The molecule has 0 unspecified atom stereocenters. The molecule has 0 saturated carbocycles. The molecular formula is C29H33N3O4. The molecule has 2 aromatic carbocycles. The van der Waals surface area contributed by atoms with E-state index >= 15 is 0 Å². The quantitative estimate of drug-likeness (QED) is 0.599. The fourth-order valence-electron chi connectivity index (χ4n) is 4.63. The van der Waals surface area contributed by atoms with Crippen molar-refractivity contribution in [2.24, 2.45) is 0 Å². The van der Waals surface area contributed by atoms with Crippen molar-refractivity contribution in [1.29, 1.82) is 0 Å². The number of rotatable bonds is 4. The van der Waals surface area contributed by atoms with Crippen LogP contribution in [0, 0.1) is 0 Å². The molecule has 0 spiro atoms. The Morgan fingerprint density at radius 1 is 0.972 bits per heavy atom. The lowest BCUT2D eigenvalue weighted by atomic mass is 10.0. The van der Waals surface area contributed by atoms with Crippen molar-refractivity contribution in [1.82, 2.24) is 14.8 Å². The topological polar surface area (TPSA) is 82.7 Å². The molecule has 0 aliphatic carbocycles. The van der Waals surface area contributed by atoms with Crippen LogP contribution in [0.5, 0.6) is 5.75 Å². The number of ether oxygens (including phenoxy) is 1. The normalized spacial score (nSPS) is 17.2. The number of hydrogen-bond acceptors (Lipinski definition) is 4. The molecule has 1 aromatic heterocycles. The molecule has 36 heavy (non-hydrogen) atoms. The van der Waals surface area contributed by atoms with E-state index in [1.54, 1.807) is 12.1 Å². The minimum Gasteiger partial charge on any atom is -0.491 e. The van der Waals surface area contributed by atoms with Gasteiger partial charge in [0.05, 0.1) is 11.6 Å². The van der Waals surface area contributed by atoms with Crippen molar-refractivity contribution in [3.63, 3.8) is 0 Å². The Morgan fingerprint density at radius 2 is 1.72 bits per heavy atom. The van der Waals surface area contributed by atoms with Crippen LogP contribution in [0.4, 0.5) is 0 Å². The van der Waals surface area contributed by atoms with Crippen molar-refractivity contribution in [3.05, 3.63) is 100.0 Å². The second-order valence-electron chi connectivity index (χ2n) is 9.04. The number of benzene rings is 2. The third kappa shape index (κ3) is 6.22. The van der Waals surface area contributed by atoms with E-state index in [4.69, 9.17) is 4.74 Å². The van der Waals surface area contributed by atoms with Gasteiger partial charge in [-0.1, -0.05) is 42.5 Å². The zero-order chi connectivity index (χ0) is 25.3. The van der Waals surface area contributed by atoms with Crippen molar-refractivity contribution in [2.45, 2.75) is 38.6 Å². The molecule has 1 aliphatic heterocycles. The summed E-state index contributed by atoms with van der Waals surface area (Å²) in [5, 5.41) is 0. The Balaban J connectivity index is 1.70. The Bertz CT molecular complexity index is 1220. The van der Waals surface area contributed by atoms with E-state index in [-0.39, 0.29) is 30.0 Å². The highest BCUT2D eigenvalue weighted by Crippen LogP contribution is 2.23. The summed E-state index contributed by atoms with van der Waals surface area (Å²) >= 11 is 0. The predicted molar refractivity (Wildman–Crippen MR) is 139 cm³/mol. The summed E-state index contributed by atoms with van der Waals surface area (Å²) in [5.41, 5.74) is 1.66. The second-order valence-corrected chi connectivity index (χ2v) is 9.04. The molecule has 1 atom stereocenters. The molecular weight excluding hydrogens is 454 g/mol. The molecule has 7 nitrogen and oxygen atoms in total. The molecule has 4 rings (SSSR count). The van der Waals surface area contributed by atoms with Crippen molar-refractivity contribution in [2.75, 3.05) is 26.2 Å². The van der Waals surface area contributed by atoms with Crippen molar-refractivity contribution < 1.29 is 14.3 Å². The first-order valence-corrected chi connectivity index (χ1v) is 12.6. The zero-order valence-corrected chi connectivity index (χ0v) is 20.7. The van der Waals surface area contributed by atoms with Crippen LogP contribution in [0.2, 0.25) is 0 Å². The van der Waals surface area contributed by atoms with Gasteiger partial charge in [0.25, 0.3) is 11.8 Å². The second kappa shape index (κ2) is 12.2. The van der Waals surface area contributed by atoms with Gasteiger partial charge in [0.15, 0.2) is 0 Å². The van der Waals surface area contributed by atoms with Gasteiger partial charge >= 0.3 is 0 Å². The SMILES string of the molecule is CCN1CCCCCN(C(=O)c2cc[nH]c(=O)c2)[C@@H](Cc2ccccc2)COc2ccccc2C1=O. The molecule has 0 fully saturated rings. The number of hydrogen-bond donors (Lipinski definition) is 1. The Kier molecular flexibility index (Phi) is 8.55. The summed E-state index contributed by atoms with van der Waals surface area (Å²) in [5.74, 6) is 0.283. The maximum atomic E-state index is 13.7. The fraction of sp³-hybridized carbons (Fsp3) is 0.345. The van der Waals surface area contributed by atoms with Crippen LogP contribution in [-0.4, -0.2) is 58.9 Å². The van der Waals surface area contributed by atoms with Crippen LogP contribution in [0.1, 0.15) is 52.5 Å². The number of amides is 2. The zero-order valence-electron chi connectivity index (χ0n) is 20.7. The monoisotopic (exact) mass is 487 g/mol. The van der Waals surface area contributed by atoms with E-state index in [9.17, 15) is 14.4 Å². The molecule has 0 bridgehead atoms. The molecule has 1 N–H and O–H groups in total. The van der Waals surface area contributed by atoms with Gasteiger partial charge in [0.2, 0.25) is 5.56 Å². The van der Waals surface area contributed by atoms with Gasteiger partial charge in [-0.05, 0) is 56.4 Å². The van der Waals surface area contributed by atoms with Gasteiger partial charge in [-0.3, -0.25) is 14.4 Å². The fourth-order valence-corrected chi connectivity index (χ4v) is 4.63. The Morgan fingerprint density at radius 3 is 2.50 bits per heavy atom. The van der Waals surface area contributed by atoms with Gasteiger partial charge in [0, 0.05) is 37.5 Å². The van der Waals surface area contributed by atoms with Gasteiger partial charge in [-0.2, -0.15) is 0 Å². The van der Waals surface area contributed by atoms with Gasteiger partial charge in [-0.15, -0.1) is 0 Å². The maximum absolute atomic E-state index is 13.7. The number of aromatic nitrogens is 1. The molecule has 2 amide bonds. The molecule has 3 aromatic rings. The first-order valence-electron chi connectivity index (χ1n) is 12.6. The Labute approximate surface area is 211 Å². The number of fused-ring (bicyclic) bond motifs is 1. The average Bonchev–Trinajstić information content (AvgIpc) is 2.91. The van der Waals surface area contributed by atoms with Crippen LogP contribution in [0.25, 0.3) is 0 Å². The van der Waals surface area contributed by atoms with Crippen LogP contribution in [-0.2, 0) is 6.42 Å². The summed E-state index contributed by atoms with van der Waals surface area (Å²) in [6.07, 6.45) is 4.61. The number of aromatic amines is 1. The van der Waals surface area contributed by atoms with Crippen molar-refractivity contribution in [3.8, 4) is 5.75 Å². The standard InChI is InChI=1S/C29H33N3O4/c1-2-31-17-9-4-10-18-32(28(34)23-15-16-30-27(33)20-23)24(19-22-11-5-3-6-12-22)21-36-26-14-8-7-13-25(26)29(31)35/h3,5-8,11-16,20,24H,2,4,9-10,17-19,21H2,1H3,(H,30,33)/t24-/m0/s1. The number of para-hydroxylation sites is 1. The largest absolute Gasteiger partial charge is 0.491 e. The van der Waals surface area contributed by atoms with E-state index in [1.807, 2.05) is 65.3 Å². The number of carbonyl (C=O) groups excluding carboxylic acids is 2. The van der Waals surface area contributed by atoms with E-state index in [2.05, 4.69) is 4.98 Å². The van der Waals surface area contributed by atoms with E-state index in [0.29, 0.717) is 42.9 Å². The summed E-state index contributed by atoms with van der Waals surface area (Å²) < 4.78 is 6.28. The third-order valence-electron chi connectivity index (χ3n) is 6.58. The summed E-state index contributed by atoms with van der Waals surface area (Å²) in [7, 11) is 0. The minimum atomic E-state index is -0.311. The first kappa shape index (κ1) is 25.2. The highest BCUT2D eigenvalue weighted by molar-refractivity contribution is 5.97. The molecule has 0 saturated heterocycles. The minimum absolute atomic E-state index is 0.0385. The average molecular weight is 488 g/mol. The molecule has 1 aliphatic rings. The first-order chi connectivity index (χ1) is 17.6. The number of nitrogens with zero attached hydrogens (tertiary/aromatic N) is 2. The van der Waals surface area contributed by atoms with E-state index < -0.39 is 0 Å². The number of pyridine rings is 1. The van der Waals surface area contributed by atoms with E-state index in [1.165, 1.54) is 12.3 Å². The van der Waals surface area contributed by atoms with Crippen LogP contribution >= 0.6 is 0 Å².